The summed E-state index contributed by atoms with van der Waals surface area (Å²) in [5, 5.41) is 3.34. The van der Waals surface area contributed by atoms with Crippen molar-refractivity contribution in [1.82, 2.24) is 19.8 Å². The van der Waals surface area contributed by atoms with E-state index < -0.39 is 6.04 Å². The van der Waals surface area contributed by atoms with Crippen LogP contribution in [0.5, 0.6) is 5.75 Å². The molecule has 3 rings (SSSR count). The van der Waals surface area contributed by atoms with Crippen LogP contribution < -0.4 is 10.1 Å². The van der Waals surface area contributed by atoms with E-state index in [2.05, 4.69) is 10.3 Å². The van der Waals surface area contributed by atoms with E-state index in [9.17, 15) is 14.4 Å². The number of nitrogens with zero attached hydrogens (tertiary/aromatic N) is 3. The lowest BCUT2D eigenvalue weighted by molar-refractivity contribution is -0.129. The van der Waals surface area contributed by atoms with Crippen LogP contribution in [0.4, 0.5) is 0 Å². The molecule has 3 aromatic rings. The first-order valence-electron chi connectivity index (χ1n) is 12.6. The Balaban J connectivity index is 1.78. The number of Topliss-reactive ketones (excluding diaryl/α,β-unsaturated/α-hetero) is 1. The number of halogens is 1. The molecule has 9 heteroatoms. The quantitative estimate of drug-likeness (QED) is 0.345. The first-order chi connectivity index (χ1) is 18.0. The van der Waals surface area contributed by atoms with E-state index in [1.807, 2.05) is 55.8 Å². The van der Waals surface area contributed by atoms with E-state index in [4.69, 9.17) is 16.3 Å². The predicted octanol–water partition coefficient (Wildman–Crippen LogP) is 5.03. The zero-order chi connectivity index (χ0) is 28.0. The zero-order valence-electron chi connectivity index (χ0n) is 22.7. The molecular weight excluding hydrogens is 504 g/mol. The summed E-state index contributed by atoms with van der Waals surface area (Å²) < 4.78 is 7.48. The summed E-state index contributed by atoms with van der Waals surface area (Å²) in [6.07, 6.45) is 2.42. The summed E-state index contributed by atoms with van der Waals surface area (Å²) in [5.41, 5.74) is 2.94. The Labute approximate surface area is 229 Å². The highest BCUT2D eigenvalue weighted by Gasteiger charge is 2.20. The molecule has 0 bridgehead atoms. The molecule has 0 aliphatic rings. The summed E-state index contributed by atoms with van der Waals surface area (Å²) in [7, 11) is 3.38. The van der Waals surface area contributed by atoms with Crippen LogP contribution in [0.2, 0.25) is 5.02 Å². The van der Waals surface area contributed by atoms with Gasteiger partial charge in [-0.25, -0.2) is 4.98 Å². The summed E-state index contributed by atoms with van der Waals surface area (Å²) in [5.74, 6) is 0.449. The highest BCUT2D eigenvalue weighted by atomic mass is 35.5. The molecule has 0 aliphatic heterocycles. The maximum Gasteiger partial charge on any atom is 0.251 e. The second-order valence-corrected chi connectivity index (χ2v) is 10.1. The Morgan fingerprint density at radius 3 is 2.32 bits per heavy atom. The van der Waals surface area contributed by atoms with Crippen LogP contribution >= 0.6 is 11.6 Å². The number of aromatic nitrogens is 2. The number of ketones is 1. The summed E-state index contributed by atoms with van der Waals surface area (Å²) >= 11 is 6.32. The second kappa shape index (κ2) is 12.7. The molecule has 1 atom stereocenters. The van der Waals surface area contributed by atoms with Gasteiger partial charge in [-0.15, -0.1) is 0 Å². The molecule has 1 aromatic heterocycles. The number of imidazole rings is 1. The molecule has 0 spiro atoms. The fourth-order valence-electron chi connectivity index (χ4n) is 4.00. The minimum Gasteiger partial charge on any atom is -0.489 e. The molecule has 202 valence electrons. The van der Waals surface area contributed by atoms with Crippen molar-refractivity contribution in [3.8, 4) is 17.0 Å². The first-order valence-corrected chi connectivity index (χ1v) is 13.0. The maximum atomic E-state index is 13.1. The molecule has 38 heavy (non-hydrogen) atoms. The van der Waals surface area contributed by atoms with Crippen LogP contribution in [0.15, 0.2) is 48.7 Å². The third kappa shape index (κ3) is 7.44. The lowest BCUT2D eigenvalue weighted by Gasteiger charge is -2.21. The van der Waals surface area contributed by atoms with Crippen molar-refractivity contribution < 1.29 is 19.1 Å². The van der Waals surface area contributed by atoms with Crippen LogP contribution in [0.1, 0.15) is 60.7 Å². The molecule has 1 N–H and O–H groups in total. The van der Waals surface area contributed by atoms with E-state index in [1.54, 1.807) is 32.3 Å². The Bertz CT molecular complexity index is 1300. The Kier molecular flexibility index (Phi) is 9.69. The van der Waals surface area contributed by atoms with Gasteiger partial charge in [0, 0.05) is 57.4 Å². The third-order valence-electron chi connectivity index (χ3n) is 5.98. The number of ether oxygens (including phenoxy) is 1. The maximum absolute atomic E-state index is 13.1. The van der Waals surface area contributed by atoms with Crippen LogP contribution in [-0.4, -0.2) is 58.3 Å². The topological polar surface area (TPSA) is 93.5 Å². The molecule has 0 fully saturated rings. The van der Waals surface area contributed by atoms with Gasteiger partial charge in [-0.1, -0.05) is 35.9 Å². The van der Waals surface area contributed by atoms with Gasteiger partial charge in [0.1, 0.15) is 5.75 Å². The fraction of sp³-hybridized carbons (Fsp3) is 0.379. The van der Waals surface area contributed by atoms with E-state index >= 15 is 0 Å². The van der Waals surface area contributed by atoms with Gasteiger partial charge >= 0.3 is 0 Å². The summed E-state index contributed by atoms with van der Waals surface area (Å²) in [4.78, 5) is 43.5. The fourth-order valence-corrected chi connectivity index (χ4v) is 4.23. The molecule has 0 unspecified atom stereocenters. The minimum absolute atomic E-state index is 0.0430. The zero-order valence-corrected chi connectivity index (χ0v) is 23.5. The number of rotatable bonds is 11. The molecule has 1 heterocycles. The average Bonchev–Trinajstić information content (AvgIpc) is 3.30. The van der Waals surface area contributed by atoms with Gasteiger partial charge in [-0.05, 0) is 51.0 Å². The standard InChI is InChI=1S/C29H35ClN4O4/c1-7-34-17-25(32-28(34)19(4)35)21-10-8-20(9-11-21)14-23(16-27(36)33(5)6)31-29(37)22-12-13-26(24(30)15-22)38-18(2)3/h8-13,15,17-18,23H,7,14,16H2,1-6H3,(H,31,37)/t23-/m0/s1. The smallest absolute Gasteiger partial charge is 0.251 e. The number of amides is 2. The number of hydrogen-bond acceptors (Lipinski definition) is 5. The highest BCUT2D eigenvalue weighted by Crippen LogP contribution is 2.27. The van der Waals surface area contributed by atoms with Crippen LogP contribution in [0, 0.1) is 0 Å². The molecular formula is C29H35ClN4O4. The van der Waals surface area contributed by atoms with E-state index in [1.165, 1.54) is 11.8 Å². The second-order valence-electron chi connectivity index (χ2n) is 9.67. The van der Waals surface area contributed by atoms with Gasteiger partial charge in [-0.2, -0.15) is 0 Å². The van der Waals surface area contributed by atoms with Crippen molar-refractivity contribution >= 4 is 29.2 Å². The van der Waals surface area contributed by atoms with Gasteiger partial charge in [-0.3, -0.25) is 14.4 Å². The molecule has 2 amide bonds. The first kappa shape index (κ1) is 28.9. The molecule has 8 nitrogen and oxygen atoms in total. The lowest BCUT2D eigenvalue weighted by atomic mass is 10.00. The molecule has 0 saturated heterocycles. The SMILES string of the molecule is CCn1cc(-c2ccc(C[C@@H](CC(=O)N(C)C)NC(=O)c3ccc(OC(C)C)c(Cl)c3)cc2)nc1C(C)=O. The lowest BCUT2D eigenvalue weighted by Crippen LogP contribution is -2.40. The van der Waals surface area contributed by atoms with Gasteiger partial charge in [0.15, 0.2) is 11.6 Å². The highest BCUT2D eigenvalue weighted by molar-refractivity contribution is 6.32. The van der Waals surface area contributed by atoms with Gasteiger partial charge in [0.25, 0.3) is 5.91 Å². The van der Waals surface area contributed by atoms with E-state index in [0.717, 1.165) is 16.8 Å². The van der Waals surface area contributed by atoms with Crippen LogP contribution in [-0.2, 0) is 17.8 Å². The number of carbonyl (C=O) groups excluding carboxylic acids is 3. The van der Waals surface area contributed by atoms with Crippen molar-refractivity contribution in [1.29, 1.82) is 0 Å². The Morgan fingerprint density at radius 1 is 1.11 bits per heavy atom. The van der Waals surface area contributed by atoms with Gasteiger partial charge in [0.05, 0.1) is 16.8 Å². The molecule has 0 saturated carbocycles. The predicted molar refractivity (Wildman–Crippen MR) is 149 cm³/mol. The van der Waals surface area contributed by atoms with Crippen molar-refractivity contribution in [2.75, 3.05) is 14.1 Å². The van der Waals surface area contributed by atoms with Crippen molar-refractivity contribution in [3.05, 3.63) is 70.6 Å². The van der Waals surface area contributed by atoms with Crippen molar-refractivity contribution in [3.63, 3.8) is 0 Å². The van der Waals surface area contributed by atoms with E-state index in [-0.39, 0.29) is 30.1 Å². The van der Waals surface area contributed by atoms with Crippen molar-refractivity contribution in [2.24, 2.45) is 0 Å². The van der Waals surface area contributed by atoms with E-state index in [0.29, 0.717) is 35.1 Å². The molecule has 2 aromatic carbocycles. The number of hydrogen-bond donors (Lipinski definition) is 1. The summed E-state index contributed by atoms with van der Waals surface area (Å²) in [6, 6.07) is 12.2. The largest absolute Gasteiger partial charge is 0.489 e. The summed E-state index contributed by atoms with van der Waals surface area (Å²) in [6.45, 7) is 7.92. The minimum atomic E-state index is -0.433. The normalized spacial score (nSPS) is 11.8. The third-order valence-corrected chi connectivity index (χ3v) is 6.27. The van der Waals surface area contributed by atoms with Crippen molar-refractivity contribution in [2.45, 2.75) is 59.2 Å². The van der Waals surface area contributed by atoms with Gasteiger partial charge < -0.3 is 19.5 Å². The molecule has 0 aliphatic carbocycles. The Hall–Kier alpha value is -3.65. The number of carbonyl (C=O) groups is 3. The van der Waals surface area contributed by atoms with Crippen LogP contribution in [0.3, 0.4) is 0 Å². The number of nitrogens with one attached hydrogen (secondary N) is 1. The Morgan fingerprint density at radius 2 is 1.79 bits per heavy atom. The molecule has 0 radical (unpaired) electrons. The number of aryl methyl sites for hydroxylation is 1. The van der Waals surface area contributed by atoms with Gasteiger partial charge in [0.2, 0.25) is 5.91 Å². The number of benzene rings is 2. The van der Waals surface area contributed by atoms with Crippen LogP contribution in [0.25, 0.3) is 11.3 Å². The monoisotopic (exact) mass is 538 g/mol. The average molecular weight is 539 g/mol.